The van der Waals surface area contributed by atoms with Crippen molar-refractivity contribution in [2.45, 2.75) is 12.8 Å². The number of hydrogen-bond donors (Lipinski definition) is 1. The molecule has 1 aromatic heterocycles. The quantitative estimate of drug-likeness (QED) is 0.888. The predicted octanol–water partition coefficient (Wildman–Crippen LogP) is 0.798. The molecule has 110 valence electrons. The van der Waals surface area contributed by atoms with Gasteiger partial charge in [-0.1, -0.05) is 5.16 Å². The first-order valence-corrected chi connectivity index (χ1v) is 6.73. The third kappa shape index (κ3) is 3.49. The molecule has 1 saturated heterocycles. The van der Waals surface area contributed by atoms with Gasteiger partial charge in [-0.05, 0) is 18.8 Å². The summed E-state index contributed by atoms with van der Waals surface area (Å²) < 4.78 is 4.79. The van der Waals surface area contributed by atoms with Gasteiger partial charge in [0, 0.05) is 39.8 Å². The third-order valence-electron chi connectivity index (χ3n) is 3.48. The van der Waals surface area contributed by atoms with Gasteiger partial charge < -0.3 is 19.6 Å². The van der Waals surface area contributed by atoms with E-state index in [1.807, 2.05) is 4.90 Å². The van der Waals surface area contributed by atoms with Crippen molar-refractivity contribution < 1.29 is 14.1 Å². The summed E-state index contributed by atoms with van der Waals surface area (Å²) in [4.78, 5) is 26.9. The van der Waals surface area contributed by atoms with Crippen molar-refractivity contribution >= 4 is 11.9 Å². The molecule has 2 rings (SSSR count). The molecule has 0 spiro atoms. The fraction of sp³-hybridized carbons (Fsp3) is 0.615. The molecule has 7 heteroatoms. The Balaban J connectivity index is 1.72. The average molecular weight is 280 g/mol. The zero-order valence-electron chi connectivity index (χ0n) is 11.8. The van der Waals surface area contributed by atoms with Gasteiger partial charge in [-0.2, -0.15) is 0 Å². The lowest BCUT2D eigenvalue weighted by Gasteiger charge is -2.33. The van der Waals surface area contributed by atoms with Crippen LogP contribution < -0.4 is 5.32 Å². The molecule has 1 N–H and O–H groups in total. The summed E-state index contributed by atoms with van der Waals surface area (Å²) in [5.41, 5.74) is 0. The summed E-state index contributed by atoms with van der Waals surface area (Å²) in [5.74, 6) is 0.382. The fourth-order valence-electron chi connectivity index (χ4n) is 2.27. The van der Waals surface area contributed by atoms with E-state index in [0.29, 0.717) is 12.5 Å². The maximum atomic E-state index is 11.8. The number of likely N-dealkylation sites (tertiary alicyclic amines) is 1. The summed E-state index contributed by atoms with van der Waals surface area (Å²) in [6, 6.07) is 1.59. The molecule has 2 heterocycles. The van der Waals surface area contributed by atoms with Gasteiger partial charge in [-0.25, -0.2) is 4.79 Å². The van der Waals surface area contributed by atoms with Gasteiger partial charge in [-0.3, -0.25) is 4.79 Å². The molecule has 1 aromatic rings. The molecule has 0 unspecified atom stereocenters. The van der Waals surface area contributed by atoms with Crippen LogP contribution >= 0.6 is 0 Å². The second-order valence-electron chi connectivity index (χ2n) is 5.19. The molecule has 0 atom stereocenters. The van der Waals surface area contributed by atoms with Crippen molar-refractivity contribution in [3.05, 3.63) is 18.0 Å². The van der Waals surface area contributed by atoms with Crippen LogP contribution in [0.5, 0.6) is 0 Å². The highest BCUT2D eigenvalue weighted by molar-refractivity contribution is 5.91. The number of hydrogen-bond acceptors (Lipinski definition) is 4. The number of rotatable bonds is 3. The Labute approximate surface area is 117 Å². The summed E-state index contributed by atoms with van der Waals surface area (Å²) in [5, 5.41) is 6.33. The lowest BCUT2D eigenvalue weighted by Crippen LogP contribution is -2.45. The van der Waals surface area contributed by atoms with Crippen LogP contribution in [0.2, 0.25) is 0 Å². The fourth-order valence-corrected chi connectivity index (χ4v) is 2.27. The standard InChI is InChI=1S/C13H20N4O3/c1-16(2)13(19)17-7-4-10(5-8-17)9-14-12(18)11-3-6-15-20-11/h3,6,10H,4-5,7-9H2,1-2H3,(H,14,18). The van der Waals surface area contributed by atoms with Gasteiger partial charge in [-0.15, -0.1) is 0 Å². The second kappa shape index (κ2) is 6.40. The van der Waals surface area contributed by atoms with Gasteiger partial charge in [0.1, 0.15) is 0 Å². The van der Waals surface area contributed by atoms with Crippen molar-refractivity contribution in [1.29, 1.82) is 0 Å². The molecule has 0 aliphatic carbocycles. The summed E-state index contributed by atoms with van der Waals surface area (Å²) in [6.45, 7) is 2.07. The Kier molecular flexibility index (Phi) is 4.60. The van der Waals surface area contributed by atoms with Crippen LogP contribution in [-0.2, 0) is 0 Å². The minimum Gasteiger partial charge on any atom is -0.351 e. The maximum absolute atomic E-state index is 11.8. The summed E-state index contributed by atoms with van der Waals surface area (Å²) in [7, 11) is 3.51. The van der Waals surface area contributed by atoms with E-state index in [1.165, 1.54) is 12.3 Å². The van der Waals surface area contributed by atoms with E-state index in [2.05, 4.69) is 10.5 Å². The van der Waals surface area contributed by atoms with Gasteiger partial charge in [0.2, 0.25) is 5.76 Å². The molecule has 1 aliphatic rings. The number of piperidine rings is 1. The first kappa shape index (κ1) is 14.4. The topological polar surface area (TPSA) is 78.7 Å². The summed E-state index contributed by atoms with van der Waals surface area (Å²) in [6.07, 6.45) is 3.24. The highest BCUT2D eigenvalue weighted by Crippen LogP contribution is 2.17. The van der Waals surface area contributed by atoms with E-state index in [0.717, 1.165) is 25.9 Å². The molecule has 20 heavy (non-hydrogen) atoms. The van der Waals surface area contributed by atoms with Crippen LogP contribution in [0.15, 0.2) is 16.8 Å². The lowest BCUT2D eigenvalue weighted by molar-refractivity contribution is 0.0899. The van der Waals surface area contributed by atoms with Crippen LogP contribution in [-0.4, -0.2) is 60.6 Å². The van der Waals surface area contributed by atoms with Gasteiger partial charge in [0.15, 0.2) is 0 Å². The number of carbonyl (C=O) groups excluding carboxylic acids is 2. The minimum atomic E-state index is -0.241. The highest BCUT2D eigenvalue weighted by Gasteiger charge is 2.24. The molecule has 3 amide bonds. The number of nitrogens with one attached hydrogen (secondary N) is 1. The number of aromatic nitrogens is 1. The Morgan fingerprint density at radius 3 is 2.70 bits per heavy atom. The van der Waals surface area contributed by atoms with E-state index < -0.39 is 0 Å². The van der Waals surface area contributed by atoms with E-state index in [-0.39, 0.29) is 17.7 Å². The average Bonchev–Trinajstić information content (AvgIpc) is 2.98. The van der Waals surface area contributed by atoms with Crippen molar-refractivity contribution in [2.24, 2.45) is 5.92 Å². The number of urea groups is 1. The molecule has 0 bridgehead atoms. The molecule has 7 nitrogen and oxygen atoms in total. The van der Waals surface area contributed by atoms with Crippen molar-refractivity contribution in [3.63, 3.8) is 0 Å². The zero-order valence-corrected chi connectivity index (χ0v) is 11.8. The Morgan fingerprint density at radius 2 is 2.15 bits per heavy atom. The first-order chi connectivity index (χ1) is 9.58. The number of nitrogens with zero attached hydrogens (tertiary/aromatic N) is 3. The van der Waals surface area contributed by atoms with E-state index in [9.17, 15) is 9.59 Å². The maximum Gasteiger partial charge on any atom is 0.319 e. The lowest BCUT2D eigenvalue weighted by atomic mass is 9.97. The normalized spacial score (nSPS) is 16.0. The molecule has 0 saturated carbocycles. The van der Waals surface area contributed by atoms with E-state index in [4.69, 9.17) is 4.52 Å². The number of amides is 3. The highest BCUT2D eigenvalue weighted by atomic mass is 16.5. The molecule has 1 aliphatic heterocycles. The smallest absolute Gasteiger partial charge is 0.319 e. The van der Waals surface area contributed by atoms with Crippen LogP contribution in [0.3, 0.4) is 0 Å². The second-order valence-corrected chi connectivity index (χ2v) is 5.19. The van der Waals surface area contributed by atoms with Crippen LogP contribution in [0.25, 0.3) is 0 Å². The van der Waals surface area contributed by atoms with Crippen LogP contribution in [0.1, 0.15) is 23.4 Å². The first-order valence-electron chi connectivity index (χ1n) is 6.73. The Morgan fingerprint density at radius 1 is 1.45 bits per heavy atom. The van der Waals surface area contributed by atoms with Gasteiger partial charge >= 0.3 is 6.03 Å². The Bertz CT molecular complexity index is 450. The molecule has 0 aromatic carbocycles. The van der Waals surface area contributed by atoms with Crippen LogP contribution in [0, 0.1) is 5.92 Å². The SMILES string of the molecule is CN(C)C(=O)N1CCC(CNC(=O)c2ccno2)CC1. The minimum absolute atomic E-state index is 0.0501. The number of carbonyl (C=O) groups is 2. The van der Waals surface area contributed by atoms with E-state index in [1.54, 1.807) is 19.0 Å². The molecular formula is C13H20N4O3. The van der Waals surface area contributed by atoms with Crippen molar-refractivity contribution in [3.8, 4) is 0 Å². The Hall–Kier alpha value is -2.05. The molecular weight excluding hydrogens is 260 g/mol. The van der Waals surface area contributed by atoms with Gasteiger partial charge in [0.05, 0.1) is 6.20 Å². The predicted molar refractivity (Wildman–Crippen MR) is 72.2 cm³/mol. The van der Waals surface area contributed by atoms with E-state index >= 15 is 0 Å². The largest absolute Gasteiger partial charge is 0.351 e. The molecule has 1 fully saturated rings. The van der Waals surface area contributed by atoms with Crippen LogP contribution in [0.4, 0.5) is 4.79 Å². The van der Waals surface area contributed by atoms with Gasteiger partial charge in [0.25, 0.3) is 5.91 Å². The van der Waals surface area contributed by atoms with Crippen molar-refractivity contribution in [2.75, 3.05) is 33.7 Å². The monoisotopic (exact) mass is 280 g/mol. The van der Waals surface area contributed by atoms with Crippen molar-refractivity contribution in [1.82, 2.24) is 20.3 Å². The molecule has 0 radical (unpaired) electrons. The zero-order chi connectivity index (χ0) is 14.5. The third-order valence-corrected chi connectivity index (χ3v) is 3.48. The summed E-state index contributed by atoms with van der Waals surface area (Å²) >= 11 is 0.